The molecule has 6 nitrogen and oxygen atoms in total. The number of aliphatic carboxylic acids is 1. The van der Waals surface area contributed by atoms with E-state index in [9.17, 15) is 4.79 Å². The average molecular weight is 397 g/mol. The van der Waals surface area contributed by atoms with Crippen molar-refractivity contribution in [2.45, 2.75) is 63.5 Å². The Morgan fingerprint density at radius 1 is 1.31 bits per heavy atom. The lowest BCUT2D eigenvalue weighted by Gasteiger charge is -2.32. The van der Waals surface area contributed by atoms with Crippen molar-refractivity contribution < 1.29 is 9.90 Å². The molecule has 2 unspecified atom stereocenters. The van der Waals surface area contributed by atoms with E-state index >= 15 is 0 Å². The van der Waals surface area contributed by atoms with Gasteiger partial charge in [0.25, 0.3) is 0 Å². The highest BCUT2D eigenvalue weighted by molar-refractivity contribution is 5.70. The van der Waals surface area contributed by atoms with Gasteiger partial charge in [-0.3, -0.25) is 4.79 Å². The molecule has 1 fully saturated rings. The highest BCUT2D eigenvalue weighted by atomic mass is 16.4. The molecule has 6 heteroatoms. The van der Waals surface area contributed by atoms with Crippen molar-refractivity contribution in [2.75, 3.05) is 12.3 Å². The third-order valence-corrected chi connectivity index (χ3v) is 5.71. The van der Waals surface area contributed by atoms with E-state index in [-0.39, 0.29) is 12.0 Å². The number of aromatic nitrogens is 2. The van der Waals surface area contributed by atoms with Crippen LogP contribution in [0.15, 0.2) is 48.6 Å². The van der Waals surface area contributed by atoms with E-state index in [1.165, 1.54) is 19.3 Å². The second kappa shape index (κ2) is 9.74. The summed E-state index contributed by atoms with van der Waals surface area (Å²) in [4.78, 5) is 10.2. The Hall–Kier alpha value is -2.60. The average Bonchev–Trinajstić information content (AvgIpc) is 3.13. The number of nitrogens with one attached hydrogen (secondary N) is 1. The Balaban J connectivity index is 0.000000204. The van der Waals surface area contributed by atoms with Crippen LogP contribution in [0.25, 0.3) is 0 Å². The first kappa shape index (κ1) is 21.1. The van der Waals surface area contributed by atoms with Gasteiger partial charge in [-0.05, 0) is 51.1 Å². The molecule has 2 atom stereocenters. The molecule has 1 aliphatic carbocycles. The van der Waals surface area contributed by atoms with Gasteiger partial charge in [0.1, 0.15) is 5.82 Å². The lowest BCUT2D eigenvalue weighted by atomic mass is 9.88. The molecule has 1 aromatic heterocycles. The normalized spacial score (nSPS) is 23.8. The van der Waals surface area contributed by atoms with Crippen LogP contribution in [0.1, 0.15) is 62.7 Å². The van der Waals surface area contributed by atoms with Gasteiger partial charge < -0.3 is 16.2 Å². The van der Waals surface area contributed by atoms with Gasteiger partial charge in [-0.25, -0.2) is 4.68 Å². The summed E-state index contributed by atoms with van der Waals surface area (Å²) in [6.45, 7) is 3.36. The fraction of sp³-hybridized carbons (Fsp3) is 0.478. The molecule has 0 spiro atoms. The first-order valence-electron chi connectivity index (χ1n) is 10.5. The molecular weight excluding hydrogens is 364 g/mol. The highest BCUT2D eigenvalue weighted by Crippen LogP contribution is 2.34. The lowest BCUT2D eigenvalue weighted by molar-refractivity contribution is -0.136. The van der Waals surface area contributed by atoms with E-state index in [2.05, 4.69) is 35.1 Å². The second-order valence-electron chi connectivity index (χ2n) is 8.18. The van der Waals surface area contributed by atoms with Gasteiger partial charge in [-0.15, -0.1) is 0 Å². The zero-order valence-corrected chi connectivity index (χ0v) is 17.2. The minimum atomic E-state index is -0.786. The molecule has 2 heterocycles. The molecule has 1 aromatic carbocycles. The summed E-state index contributed by atoms with van der Waals surface area (Å²) >= 11 is 0. The maximum Gasteiger partial charge on any atom is 0.307 e. The summed E-state index contributed by atoms with van der Waals surface area (Å²) < 4.78 is 2.06. The van der Waals surface area contributed by atoms with Crippen molar-refractivity contribution in [2.24, 2.45) is 0 Å². The summed E-state index contributed by atoms with van der Waals surface area (Å²) in [5.74, 6) is 0.0198. The molecule has 4 rings (SSSR count). The van der Waals surface area contributed by atoms with Gasteiger partial charge in [0, 0.05) is 6.07 Å². The largest absolute Gasteiger partial charge is 0.481 e. The number of hydrogen-bond donors (Lipinski definition) is 3. The Bertz CT molecular complexity index is 825. The number of nitrogens with two attached hydrogens (primary N) is 1. The van der Waals surface area contributed by atoms with Gasteiger partial charge in [0.05, 0.1) is 23.7 Å². The van der Waals surface area contributed by atoms with Crippen LogP contribution in [0.4, 0.5) is 5.82 Å². The van der Waals surface area contributed by atoms with Crippen molar-refractivity contribution in [3.63, 3.8) is 0 Å². The van der Waals surface area contributed by atoms with Crippen molar-refractivity contribution in [3.05, 3.63) is 59.8 Å². The van der Waals surface area contributed by atoms with Crippen molar-refractivity contribution in [3.8, 4) is 0 Å². The van der Waals surface area contributed by atoms with Crippen LogP contribution < -0.4 is 11.1 Å². The number of nitrogens with zero attached hydrogens (tertiary/aromatic N) is 2. The molecule has 29 heavy (non-hydrogen) atoms. The van der Waals surface area contributed by atoms with Gasteiger partial charge in [0.2, 0.25) is 0 Å². The number of rotatable bonds is 4. The van der Waals surface area contributed by atoms with Crippen molar-refractivity contribution >= 4 is 11.8 Å². The number of piperidine rings is 1. The topological polar surface area (TPSA) is 93.2 Å². The number of carboxylic acids is 1. The first-order chi connectivity index (χ1) is 14.0. The molecule has 2 aliphatic rings. The lowest BCUT2D eigenvalue weighted by Crippen LogP contribution is -2.33. The van der Waals surface area contributed by atoms with E-state index in [0.717, 1.165) is 42.9 Å². The smallest absolute Gasteiger partial charge is 0.307 e. The van der Waals surface area contributed by atoms with E-state index in [0.29, 0.717) is 6.04 Å². The quantitative estimate of drug-likeness (QED) is 0.678. The van der Waals surface area contributed by atoms with E-state index in [1.807, 2.05) is 18.2 Å². The number of anilines is 1. The van der Waals surface area contributed by atoms with E-state index < -0.39 is 5.97 Å². The Labute approximate surface area is 172 Å². The summed E-state index contributed by atoms with van der Waals surface area (Å²) in [5.41, 5.74) is 8.22. The third kappa shape index (κ3) is 5.70. The Kier molecular flexibility index (Phi) is 7.09. The molecule has 1 aliphatic heterocycles. The number of nitrogen functional groups attached to an aromatic ring is 1. The summed E-state index contributed by atoms with van der Waals surface area (Å²) in [6.07, 6.45) is 11.6. The number of benzene rings is 1. The molecular formula is C23H32N4O2. The minimum Gasteiger partial charge on any atom is -0.481 e. The molecule has 4 N–H and O–H groups in total. The number of allylic oxidation sites excluding steroid dienone is 2. The first-order valence-corrected chi connectivity index (χ1v) is 10.5. The van der Waals surface area contributed by atoms with Crippen LogP contribution >= 0.6 is 0 Å². The maximum absolute atomic E-state index is 10.2. The molecule has 0 radical (unpaired) electrons. The van der Waals surface area contributed by atoms with Crippen LogP contribution in [0.5, 0.6) is 0 Å². The fourth-order valence-corrected chi connectivity index (χ4v) is 4.04. The summed E-state index contributed by atoms with van der Waals surface area (Å²) in [5, 5.41) is 16.7. The number of hydrogen-bond acceptors (Lipinski definition) is 4. The monoisotopic (exact) mass is 396 g/mol. The van der Waals surface area contributed by atoms with E-state index in [1.54, 1.807) is 12.1 Å². The van der Waals surface area contributed by atoms with Crippen LogP contribution in [-0.4, -0.2) is 27.4 Å². The SMILES string of the molecule is CC1(n2nc(C3CCCCN3)cc2N)CC=CCC1.O=C(O)Cc1ccccc1. The molecule has 0 amide bonds. The van der Waals surface area contributed by atoms with Crippen LogP contribution in [0, 0.1) is 0 Å². The summed E-state index contributed by atoms with van der Waals surface area (Å²) in [6, 6.07) is 11.6. The predicted molar refractivity (Wildman–Crippen MR) is 116 cm³/mol. The van der Waals surface area contributed by atoms with Gasteiger partial charge >= 0.3 is 5.97 Å². The molecule has 156 valence electrons. The molecule has 1 saturated heterocycles. The fourth-order valence-electron chi connectivity index (χ4n) is 4.04. The van der Waals surface area contributed by atoms with Crippen molar-refractivity contribution in [1.29, 1.82) is 0 Å². The van der Waals surface area contributed by atoms with E-state index in [4.69, 9.17) is 15.9 Å². The molecule has 2 aromatic rings. The van der Waals surface area contributed by atoms with Crippen molar-refractivity contribution in [1.82, 2.24) is 15.1 Å². The predicted octanol–water partition coefficient (Wildman–Crippen LogP) is 4.05. The minimum absolute atomic E-state index is 0.0474. The zero-order chi connectivity index (χ0) is 20.7. The summed E-state index contributed by atoms with van der Waals surface area (Å²) in [7, 11) is 0. The number of carboxylic acid groups (broad SMARTS) is 1. The van der Waals surface area contributed by atoms with Gasteiger partial charge in [0.15, 0.2) is 0 Å². The van der Waals surface area contributed by atoms with Gasteiger partial charge in [-0.1, -0.05) is 48.9 Å². The zero-order valence-electron chi connectivity index (χ0n) is 17.2. The highest BCUT2D eigenvalue weighted by Gasteiger charge is 2.30. The standard InChI is InChI=1S/C15H24N4.C8H8O2/c1-15(8-4-2-5-9-15)19-14(16)11-13(18-19)12-7-3-6-10-17-12;9-8(10)6-7-4-2-1-3-5-7/h2,4,11-12,17H,3,5-10,16H2,1H3;1-5H,6H2,(H,9,10). The van der Waals surface area contributed by atoms with Crippen LogP contribution in [0.3, 0.4) is 0 Å². The third-order valence-electron chi connectivity index (χ3n) is 5.71. The molecule has 0 saturated carbocycles. The Morgan fingerprint density at radius 2 is 2.10 bits per heavy atom. The molecule has 0 bridgehead atoms. The number of carbonyl (C=O) groups is 1. The van der Waals surface area contributed by atoms with Crippen LogP contribution in [-0.2, 0) is 16.8 Å². The van der Waals surface area contributed by atoms with Gasteiger partial charge in [-0.2, -0.15) is 5.10 Å². The Morgan fingerprint density at radius 3 is 2.72 bits per heavy atom. The second-order valence-corrected chi connectivity index (χ2v) is 8.18. The maximum atomic E-state index is 10.2. The van der Waals surface area contributed by atoms with Crippen LogP contribution in [0.2, 0.25) is 0 Å².